The van der Waals surface area contributed by atoms with Gasteiger partial charge < -0.3 is 9.13 Å². The van der Waals surface area contributed by atoms with Crippen molar-refractivity contribution >= 4 is 67.7 Å². The molecule has 0 atom stereocenters. The van der Waals surface area contributed by atoms with Gasteiger partial charge in [0.15, 0.2) is 14.3 Å². The zero-order valence-electron chi connectivity index (χ0n) is 29.5. The fraction of sp³-hybridized carbons (Fsp3) is 0. The summed E-state index contributed by atoms with van der Waals surface area (Å²) in [5.41, 5.74) is 4.40. The van der Waals surface area contributed by atoms with E-state index in [4.69, 9.17) is 0 Å². The SMILES string of the molecule is O=P(c1ccccc1)(c1ccccc1)c1ccc(-c2c3ccccc3c(-c3ccc(P(=O)(c4ccccc4)c4ccccc4)cc3)c3ccccc23)cc1. The molecule has 9 rings (SSSR count). The third-order valence-corrected chi connectivity index (χ3v) is 16.6. The Bertz CT molecular complexity index is 2490. The zero-order valence-corrected chi connectivity index (χ0v) is 31.3. The molecule has 0 aliphatic rings. The highest BCUT2D eigenvalue weighted by molar-refractivity contribution is 7.85. The molecule has 0 aliphatic heterocycles. The number of benzene rings is 9. The summed E-state index contributed by atoms with van der Waals surface area (Å²) in [5, 5.41) is 9.42. The summed E-state index contributed by atoms with van der Waals surface area (Å²) in [4.78, 5) is 0. The fourth-order valence-electron chi connectivity index (χ4n) is 7.87. The Morgan fingerprint density at radius 3 is 0.667 bits per heavy atom. The van der Waals surface area contributed by atoms with E-state index in [0.29, 0.717) is 0 Å². The van der Waals surface area contributed by atoms with E-state index < -0.39 is 14.3 Å². The third-order valence-electron chi connectivity index (χ3n) is 10.4. The van der Waals surface area contributed by atoms with Gasteiger partial charge in [-0.15, -0.1) is 0 Å². The second-order valence-electron chi connectivity index (χ2n) is 13.5. The summed E-state index contributed by atoms with van der Waals surface area (Å²) in [6.45, 7) is 0. The molecule has 0 aromatic heterocycles. The molecular weight excluding hydrogens is 694 g/mol. The van der Waals surface area contributed by atoms with Crippen molar-refractivity contribution in [2.24, 2.45) is 0 Å². The molecule has 9 aromatic rings. The first-order valence-corrected chi connectivity index (χ1v) is 21.6. The molecule has 0 unspecified atom stereocenters. The van der Waals surface area contributed by atoms with Crippen LogP contribution in [0.4, 0.5) is 0 Å². The molecule has 2 nitrogen and oxygen atoms in total. The van der Waals surface area contributed by atoms with Crippen LogP contribution in [0.5, 0.6) is 0 Å². The fourth-order valence-corrected chi connectivity index (χ4v) is 13.2. The minimum Gasteiger partial charge on any atom is -0.309 e. The minimum atomic E-state index is -3.11. The van der Waals surface area contributed by atoms with Crippen molar-refractivity contribution < 1.29 is 9.13 Å². The van der Waals surface area contributed by atoms with Gasteiger partial charge in [-0.1, -0.05) is 218 Å². The van der Waals surface area contributed by atoms with Crippen LogP contribution in [0.25, 0.3) is 43.8 Å². The average Bonchev–Trinajstić information content (AvgIpc) is 3.26. The first kappa shape index (κ1) is 33.8. The van der Waals surface area contributed by atoms with Crippen LogP contribution in [0.3, 0.4) is 0 Å². The van der Waals surface area contributed by atoms with Crippen molar-refractivity contribution in [2.45, 2.75) is 0 Å². The Kier molecular flexibility index (Phi) is 8.80. The number of rotatable bonds is 8. The van der Waals surface area contributed by atoms with Gasteiger partial charge in [-0.25, -0.2) is 0 Å². The normalized spacial score (nSPS) is 11.9. The van der Waals surface area contributed by atoms with E-state index in [1.807, 2.05) is 146 Å². The van der Waals surface area contributed by atoms with Gasteiger partial charge in [0, 0.05) is 31.8 Å². The molecule has 0 aliphatic carbocycles. The average molecular weight is 731 g/mol. The van der Waals surface area contributed by atoms with Gasteiger partial charge in [-0.3, -0.25) is 0 Å². The molecular formula is C50H36O2P2. The quantitative estimate of drug-likeness (QED) is 0.115. The molecule has 0 heterocycles. The van der Waals surface area contributed by atoms with Crippen molar-refractivity contribution in [3.63, 3.8) is 0 Å². The van der Waals surface area contributed by atoms with Crippen LogP contribution in [-0.4, -0.2) is 0 Å². The van der Waals surface area contributed by atoms with Gasteiger partial charge in [0.25, 0.3) is 0 Å². The summed E-state index contributed by atoms with van der Waals surface area (Å²) in [6.07, 6.45) is 0. The van der Waals surface area contributed by atoms with Crippen LogP contribution in [0.15, 0.2) is 218 Å². The van der Waals surface area contributed by atoms with Crippen molar-refractivity contribution in [3.8, 4) is 22.3 Å². The second-order valence-corrected chi connectivity index (χ2v) is 19.0. The Balaban J connectivity index is 1.19. The Hall–Kier alpha value is -6.04. The van der Waals surface area contributed by atoms with E-state index in [1.165, 1.54) is 0 Å². The summed E-state index contributed by atoms with van der Waals surface area (Å²) >= 11 is 0. The van der Waals surface area contributed by atoms with Crippen LogP contribution in [0.2, 0.25) is 0 Å². The number of hydrogen-bond acceptors (Lipinski definition) is 2. The maximum absolute atomic E-state index is 15.1. The molecule has 0 saturated carbocycles. The van der Waals surface area contributed by atoms with Gasteiger partial charge in [-0.05, 0) is 43.8 Å². The molecule has 0 radical (unpaired) electrons. The maximum atomic E-state index is 15.1. The van der Waals surface area contributed by atoms with Crippen LogP contribution >= 0.6 is 14.3 Å². The van der Waals surface area contributed by atoms with Gasteiger partial charge in [0.05, 0.1) is 0 Å². The topological polar surface area (TPSA) is 34.1 Å². The van der Waals surface area contributed by atoms with E-state index in [9.17, 15) is 0 Å². The summed E-state index contributed by atoms with van der Waals surface area (Å²) in [6, 6.07) is 73.1. The largest absolute Gasteiger partial charge is 0.309 e. The standard InChI is InChI=1S/C50H36O2P2/c51-53(39-17-5-1-6-18-39,40-19-7-2-8-20-40)43-33-29-37(30-34-43)49-45-25-13-15-27-47(45)50(48-28-16-14-26-46(48)49)38-31-35-44(36-32-38)54(52,41-21-9-3-10-22-41)42-23-11-4-12-24-42/h1-36H. The lowest BCUT2D eigenvalue weighted by Gasteiger charge is -2.22. The predicted octanol–water partition coefficient (Wildman–Crippen LogP) is 10.6. The first-order chi connectivity index (χ1) is 26.6. The molecule has 0 N–H and O–H groups in total. The van der Waals surface area contributed by atoms with Gasteiger partial charge in [-0.2, -0.15) is 0 Å². The van der Waals surface area contributed by atoms with Crippen LogP contribution < -0.4 is 31.8 Å². The van der Waals surface area contributed by atoms with Crippen molar-refractivity contribution in [1.82, 2.24) is 0 Å². The lowest BCUT2D eigenvalue weighted by atomic mass is 9.86. The zero-order chi connectivity index (χ0) is 36.5. The smallest absolute Gasteiger partial charge is 0.171 e. The highest BCUT2D eigenvalue weighted by Crippen LogP contribution is 2.47. The highest BCUT2D eigenvalue weighted by Gasteiger charge is 2.31. The molecule has 54 heavy (non-hydrogen) atoms. The van der Waals surface area contributed by atoms with Gasteiger partial charge in [0.2, 0.25) is 0 Å². The van der Waals surface area contributed by atoms with Crippen molar-refractivity contribution in [1.29, 1.82) is 0 Å². The molecule has 0 fully saturated rings. The third kappa shape index (κ3) is 5.67. The predicted molar refractivity (Wildman–Crippen MR) is 231 cm³/mol. The molecule has 258 valence electrons. The molecule has 0 amide bonds. The molecule has 0 saturated heterocycles. The molecule has 9 aromatic carbocycles. The lowest BCUT2D eigenvalue weighted by Crippen LogP contribution is -2.24. The van der Waals surface area contributed by atoms with Crippen LogP contribution in [0.1, 0.15) is 0 Å². The molecule has 0 bridgehead atoms. The summed E-state index contributed by atoms with van der Waals surface area (Å²) < 4.78 is 30.2. The monoisotopic (exact) mass is 730 g/mol. The maximum Gasteiger partial charge on any atom is 0.171 e. The van der Waals surface area contributed by atoms with E-state index in [1.54, 1.807) is 0 Å². The van der Waals surface area contributed by atoms with Gasteiger partial charge in [0.1, 0.15) is 0 Å². The summed E-state index contributed by atoms with van der Waals surface area (Å²) in [7, 11) is -6.22. The van der Waals surface area contributed by atoms with E-state index in [0.717, 1.165) is 75.6 Å². The second kappa shape index (κ2) is 14.1. The molecule has 4 heteroatoms. The number of hydrogen-bond donors (Lipinski definition) is 0. The minimum absolute atomic E-state index is 0.803. The van der Waals surface area contributed by atoms with E-state index in [2.05, 4.69) is 72.8 Å². The Morgan fingerprint density at radius 1 is 0.222 bits per heavy atom. The first-order valence-electron chi connectivity index (χ1n) is 18.1. The highest BCUT2D eigenvalue weighted by atomic mass is 31.2. The van der Waals surface area contributed by atoms with Crippen LogP contribution in [-0.2, 0) is 9.13 Å². The molecule has 0 spiro atoms. The van der Waals surface area contributed by atoms with Gasteiger partial charge >= 0.3 is 0 Å². The van der Waals surface area contributed by atoms with Crippen LogP contribution in [0, 0.1) is 0 Å². The Labute approximate surface area is 316 Å². The number of fused-ring (bicyclic) bond motifs is 2. The summed E-state index contributed by atoms with van der Waals surface area (Å²) in [5.74, 6) is 0. The lowest BCUT2D eigenvalue weighted by molar-refractivity contribution is 0.591. The van der Waals surface area contributed by atoms with E-state index in [-0.39, 0.29) is 0 Å². The Morgan fingerprint density at radius 2 is 0.426 bits per heavy atom. The van der Waals surface area contributed by atoms with E-state index >= 15 is 9.13 Å². The van der Waals surface area contributed by atoms with Crippen molar-refractivity contribution in [2.75, 3.05) is 0 Å². The van der Waals surface area contributed by atoms with Crippen molar-refractivity contribution in [3.05, 3.63) is 218 Å².